The van der Waals surface area contributed by atoms with Crippen LogP contribution < -0.4 is 14.2 Å². The van der Waals surface area contributed by atoms with Crippen molar-refractivity contribution in [2.45, 2.75) is 25.4 Å². The van der Waals surface area contributed by atoms with Crippen molar-refractivity contribution in [3.8, 4) is 17.2 Å². The minimum absolute atomic E-state index is 0.334. The monoisotopic (exact) mass is 348 g/mol. The van der Waals surface area contributed by atoms with Crippen LogP contribution in [-0.2, 0) is 19.4 Å². The van der Waals surface area contributed by atoms with E-state index in [-0.39, 0.29) is 0 Å². The SMILES string of the molecule is COc1ccc2c3c([nH]c2c1)CN1CCc2cc4c(cc2C1C3)OCO4. The Balaban J connectivity index is 1.46. The molecule has 5 nitrogen and oxygen atoms in total. The number of aromatic amines is 1. The highest BCUT2D eigenvalue weighted by Crippen LogP contribution is 2.45. The van der Waals surface area contributed by atoms with Crippen LogP contribution in [0.2, 0.25) is 0 Å². The number of benzene rings is 2. The van der Waals surface area contributed by atoms with Crippen molar-refractivity contribution >= 4 is 10.9 Å². The zero-order valence-electron chi connectivity index (χ0n) is 14.7. The lowest BCUT2D eigenvalue weighted by Gasteiger charge is -2.40. The van der Waals surface area contributed by atoms with Crippen LogP contribution in [-0.4, -0.2) is 30.3 Å². The summed E-state index contributed by atoms with van der Waals surface area (Å²) in [5.41, 5.74) is 6.75. The summed E-state index contributed by atoms with van der Waals surface area (Å²) in [7, 11) is 1.71. The zero-order chi connectivity index (χ0) is 17.3. The Morgan fingerprint density at radius 2 is 2.04 bits per heavy atom. The van der Waals surface area contributed by atoms with Gasteiger partial charge in [0.2, 0.25) is 6.79 Å². The minimum Gasteiger partial charge on any atom is -0.497 e. The van der Waals surface area contributed by atoms with Crippen molar-refractivity contribution in [1.29, 1.82) is 0 Å². The van der Waals surface area contributed by atoms with E-state index in [9.17, 15) is 0 Å². The van der Waals surface area contributed by atoms with Crippen molar-refractivity contribution in [2.75, 3.05) is 20.4 Å². The molecule has 0 spiro atoms. The molecule has 0 saturated carbocycles. The van der Waals surface area contributed by atoms with Gasteiger partial charge in [-0.1, -0.05) is 0 Å². The number of methoxy groups -OCH3 is 1. The van der Waals surface area contributed by atoms with Gasteiger partial charge in [0.15, 0.2) is 11.5 Å². The Morgan fingerprint density at radius 3 is 2.92 bits per heavy atom. The van der Waals surface area contributed by atoms with Gasteiger partial charge in [-0.15, -0.1) is 0 Å². The third kappa shape index (κ3) is 1.95. The summed E-state index contributed by atoms with van der Waals surface area (Å²) in [6.45, 7) is 2.38. The van der Waals surface area contributed by atoms with Gasteiger partial charge < -0.3 is 19.2 Å². The maximum Gasteiger partial charge on any atom is 0.231 e. The standard InChI is InChI=1S/C21H20N2O3/c1-24-13-2-3-14-16-8-19-15-9-21-20(25-11-26-21)6-12(15)4-5-23(19)10-18(16)22-17(14)7-13/h2-3,6-7,9,19,22H,4-5,8,10-11H2,1H3. The molecule has 2 aromatic carbocycles. The molecule has 1 unspecified atom stereocenters. The molecule has 3 aliphatic rings. The van der Waals surface area contributed by atoms with Crippen LogP contribution in [0.3, 0.4) is 0 Å². The highest BCUT2D eigenvalue weighted by molar-refractivity contribution is 5.86. The van der Waals surface area contributed by atoms with Gasteiger partial charge in [-0.05, 0) is 53.8 Å². The Hall–Kier alpha value is -2.66. The van der Waals surface area contributed by atoms with Crippen molar-refractivity contribution < 1.29 is 14.2 Å². The van der Waals surface area contributed by atoms with E-state index in [0.717, 1.165) is 43.2 Å². The van der Waals surface area contributed by atoms with Crippen LogP contribution in [0.25, 0.3) is 10.9 Å². The summed E-state index contributed by atoms with van der Waals surface area (Å²) in [5.74, 6) is 2.68. The van der Waals surface area contributed by atoms with Crippen molar-refractivity contribution in [1.82, 2.24) is 9.88 Å². The summed E-state index contributed by atoms with van der Waals surface area (Å²) in [4.78, 5) is 6.21. The number of fused-ring (bicyclic) bond motifs is 7. The smallest absolute Gasteiger partial charge is 0.231 e. The summed E-state index contributed by atoms with van der Waals surface area (Å²) in [6.07, 6.45) is 2.08. The average Bonchev–Trinajstić information content (AvgIpc) is 3.27. The number of aromatic nitrogens is 1. The summed E-state index contributed by atoms with van der Waals surface area (Å²) >= 11 is 0. The summed E-state index contributed by atoms with van der Waals surface area (Å²) in [6, 6.07) is 11.1. The molecule has 1 atom stereocenters. The van der Waals surface area contributed by atoms with Gasteiger partial charge in [0.25, 0.3) is 0 Å². The third-order valence-corrected chi connectivity index (χ3v) is 6.06. The van der Waals surface area contributed by atoms with E-state index in [1.807, 2.05) is 0 Å². The van der Waals surface area contributed by atoms with E-state index in [1.165, 1.54) is 33.3 Å². The van der Waals surface area contributed by atoms with Crippen LogP contribution in [0.4, 0.5) is 0 Å². The van der Waals surface area contributed by atoms with E-state index in [0.29, 0.717) is 12.8 Å². The van der Waals surface area contributed by atoms with Gasteiger partial charge in [0.1, 0.15) is 5.75 Å². The normalized spacial score (nSPS) is 20.6. The Kier molecular flexibility index (Phi) is 2.89. The van der Waals surface area contributed by atoms with Crippen LogP contribution in [0, 0.1) is 0 Å². The Labute approximate surface area is 151 Å². The molecule has 0 bridgehead atoms. The van der Waals surface area contributed by atoms with Crippen molar-refractivity contribution in [3.05, 3.63) is 52.7 Å². The number of hydrogen-bond donors (Lipinski definition) is 1. The van der Waals surface area contributed by atoms with Gasteiger partial charge >= 0.3 is 0 Å². The van der Waals surface area contributed by atoms with Gasteiger partial charge in [-0.3, -0.25) is 4.90 Å². The second kappa shape index (κ2) is 5.17. The first-order chi connectivity index (χ1) is 12.8. The van der Waals surface area contributed by atoms with Crippen molar-refractivity contribution in [3.63, 3.8) is 0 Å². The molecular formula is C21H20N2O3. The third-order valence-electron chi connectivity index (χ3n) is 6.06. The van der Waals surface area contributed by atoms with Gasteiger partial charge in [0.05, 0.1) is 7.11 Å². The maximum atomic E-state index is 5.63. The molecule has 26 heavy (non-hydrogen) atoms. The van der Waals surface area contributed by atoms with E-state index in [2.05, 4.69) is 40.2 Å². The molecule has 4 heterocycles. The second-order valence-corrected chi connectivity index (χ2v) is 7.34. The first-order valence-electron chi connectivity index (χ1n) is 9.14. The van der Waals surface area contributed by atoms with Gasteiger partial charge in [-0.25, -0.2) is 0 Å². The van der Waals surface area contributed by atoms with Gasteiger partial charge in [-0.2, -0.15) is 0 Å². The lowest BCUT2D eigenvalue weighted by Crippen LogP contribution is -2.39. The van der Waals surface area contributed by atoms with Gasteiger partial charge in [0, 0.05) is 41.8 Å². The lowest BCUT2D eigenvalue weighted by molar-refractivity contribution is 0.159. The number of nitrogens with one attached hydrogen (secondary N) is 1. The zero-order valence-corrected chi connectivity index (χ0v) is 14.7. The lowest BCUT2D eigenvalue weighted by atomic mass is 9.85. The van der Waals surface area contributed by atoms with E-state index < -0.39 is 0 Å². The predicted molar refractivity (Wildman–Crippen MR) is 98.0 cm³/mol. The molecule has 0 saturated heterocycles. The first-order valence-corrected chi connectivity index (χ1v) is 9.14. The second-order valence-electron chi connectivity index (χ2n) is 7.34. The molecule has 0 amide bonds. The molecule has 6 rings (SSSR count). The number of hydrogen-bond acceptors (Lipinski definition) is 4. The molecule has 3 aromatic rings. The van der Waals surface area contributed by atoms with Crippen LogP contribution in [0.1, 0.15) is 28.4 Å². The molecule has 132 valence electrons. The predicted octanol–water partition coefficient (Wildman–Crippen LogP) is 3.56. The van der Waals surface area contributed by atoms with Crippen LogP contribution in [0.15, 0.2) is 30.3 Å². The number of H-pyrrole nitrogens is 1. The fraction of sp³-hybridized carbons (Fsp3) is 0.333. The topological polar surface area (TPSA) is 46.7 Å². The number of ether oxygens (including phenoxy) is 3. The number of rotatable bonds is 1. The Bertz CT molecular complexity index is 1040. The summed E-state index contributed by atoms with van der Waals surface area (Å²) in [5, 5.41) is 1.31. The molecule has 0 fully saturated rings. The van der Waals surface area contributed by atoms with E-state index in [4.69, 9.17) is 14.2 Å². The van der Waals surface area contributed by atoms with Crippen molar-refractivity contribution in [2.24, 2.45) is 0 Å². The van der Waals surface area contributed by atoms with E-state index >= 15 is 0 Å². The molecule has 0 aliphatic carbocycles. The highest BCUT2D eigenvalue weighted by Gasteiger charge is 2.35. The highest BCUT2D eigenvalue weighted by atomic mass is 16.7. The summed E-state index contributed by atoms with van der Waals surface area (Å²) < 4.78 is 16.6. The number of nitrogens with zero attached hydrogens (tertiary/aromatic N) is 1. The molecule has 5 heteroatoms. The fourth-order valence-corrected chi connectivity index (χ4v) is 4.75. The average molecular weight is 348 g/mol. The van der Waals surface area contributed by atoms with Crippen LogP contribution in [0.5, 0.6) is 17.2 Å². The molecule has 1 N–H and O–H groups in total. The van der Waals surface area contributed by atoms with E-state index in [1.54, 1.807) is 7.11 Å². The first kappa shape index (κ1) is 14.5. The van der Waals surface area contributed by atoms with Crippen LogP contribution >= 0.6 is 0 Å². The fourth-order valence-electron chi connectivity index (χ4n) is 4.75. The minimum atomic E-state index is 0.334. The quantitative estimate of drug-likeness (QED) is 0.730. The maximum absolute atomic E-state index is 5.63. The largest absolute Gasteiger partial charge is 0.497 e. The Morgan fingerprint density at radius 1 is 1.15 bits per heavy atom. The molecule has 3 aliphatic heterocycles. The molecule has 0 radical (unpaired) electrons. The molecular weight excluding hydrogens is 328 g/mol. The molecule has 1 aromatic heterocycles.